The maximum atomic E-state index is 12.5. The van der Waals surface area contributed by atoms with Crippen molar-refractivity contribution in [2.45, 2.75) is 39.0 Å². The third kappa shape index (κ3) is 4.82. The molecule has 2 heterocycles. The van der Waals surface area contributed by atoms with E-state index in [9.17, 15) is 9.59 Å². The highest BCUT2D eigenvalue weighted by molar-refractivity contribution is 5.98. The molecule has 5 heteroatoms. The Morgan fingerprint density at radius 2 is 1.96 bits per heavy atom. The molecule has 0 radical (unpaired) electrons. The molecule has 1 atom stereocenters. The first kappa shape index (κ1) is 17.9. The molecule has 1 N–H and O–H groups in total. The highest BCUT2D eigenvalue weighted by Gasteiger charge is 2.28. The molecule has 0 aromatic heterocycles. The van der Waals surface area contributed by atoms with Crippen LogP contribution in [0.2, 0.25) is 0 Å². The van der Waals surface area contributed by atoms with Crippen molar-refractivity contribution in [1.82, 2.24) is 9.80 Å². The Hall–Kier alpha value is -1.88. The molecule has 136 valence electrons. The molecule has 2 aliphatic heterocycles. The van der Waals surface area contributed by atoms with E-state index in [0.717, 1.165) is 26.1 Å². The molecule has 0 saturated carbocycles. The zero-order valence-corrected chi connectivity index (χ0v) is 15.2. The number of piperidine rings is 1. The van der Waals surface area contributed by atoms with E-state index in [4.69, 9.17) is 0 Å². The number of nitrogens with zero attached hydrogens (tertiary/aromatic N) is 2. The number of likely N-dealkylation sites (tertiary alicyclic amines) is 2. The summed E-state index contributed by atoms with van der Waals surface area (Å²) in [4.78, 5) is 28.8. The lowest BCUT2D eigenvalue weighted by Gasteiger charge is -2.29. The van der Waals surface area contributed by atoms with Gasteiger partial charge in [-0.1, -0.05) is 25.5 Å². The number of amides is 2. The monoisotopic (exact) mass is 343 g/mol. The largest absolute Gasteiger partial charge is 0.324 e. The van der Waals surface area contributed by atoms with E-state index in [1.54, 1.807) is 12.1 Å². The van der Waals surface area contributed by atoms with Crippen molar-refractivity contribution in [1.29, 1.82) is 0 Å². The van der Waals surface area contributed by atoms with Gasteiger partial charge < -0.3 is 15.1 Å². The summed E-state index contributed by atoms with van der Waals surface area (Å²) in [6.45, 7) is 7.03. The normalized spacial score (nSPS) is 21.3. The number of Topliss-reactive ketones (excluding diaryl/α,β-unsaturated/α-hetero) is 1. The lowest BCUT2D eigenvalue weighted by Crippen LogP contribution is -2.37. The van der Waals surface area contributed by atoms with Crippen molar-refractivity contribution < 1.29 is 9.59 Å². The second-order valence-electron chi connectivity index (χ2n) is 7.25. The summed E-state index contributed by atoms with van der Waals surface area (Å²) >= 11 is 0. The number of hydrogen-bond acceptors (Lipinski definition) is 3. The summed E-state index contributed by atoms with van der Waals surface area (Å²) in [5, 5.41) is 2.95. The van der Waals surface area contributed by atoms with Gasteiger partial charge in [-0.25, -0.2) is 4.79 Å². The average molecular weight is 343 g/mol. The van der Waals surface area contributed by atoms with Crippen LogP contribution in [-0.2, 0) is 0 Å². The molecule has 1 aromatic carbocycles. The van der Waals surface area contributed by atoms with Gasteiger partial charge in [-0.2, -0.15) is 0 Å². The number of rotatable bonds is 5. The molecular formula is C20H29N3O2. The molecule has 25 heavy (non-hydrogen) atoms. The van der Waals surface area contributed by atoms with Crippen LogP contribution in [0.15, 0.2) is 24.3 Å². The number of urea groups is 1. The van der Waals surface area contributed by atoms with Crippen molar-refractivity contribution in [3.8, 4) is 0 Å². The van der Waals surface area contributed by atoms with Crippen LogP contribution in [0.25, 0.3) is 0 Å². The molecule has 0 spiro atoms. The minimum Gasteiger partial charge on any atom is -0.324 e. The molecular weight excluding hydrogens is 314 g/mol. The Balaban J connectivity index is 1.51. The first-order chi connectivity index (χ1) is 12.2. The van der Waals surface area contributed by atoms with Crippen molar-refractivity contribution in [2.75, 3.05) is 38.0 Å². The number of nitrogens with one attached hydrogen (secondary N) is 1. The van der Waals surface area contributed by atoms with Crippen LogP contribution in [0.5, 0.6) is 0 Å². The summed E-state index contributed by atoms with van der Waals surface area (Å²) in [6, 6.07) is 7.17. The van der Waals surface area contributed by atoms with Gasteiger partial charge in [0.05, 0.1) is 0 Å². The van der Waals surface area contributed by atoms with E-state index in [-0.39, 0.29) is 11.8 Å². The summed E-state index contributed by atoms with van der Waals surface area (Å²) in [6.07, 6.45) is 5.53. The van der Waals surface area contributed by atoms with Gasteiger partial charge in [0, 0.05) is 37.3 Å². The lowest BCUT2D eigenvalue weighted by atomic mass is 10.1. The van der Waals surface area contributed by atoms with Gasteiger partial charge in [0.2, 0.25) is 0 Å². The number of carbonyl (C=O) groups is 2. The second kappa shape index (κ2) is 8.48. The van der Waals surface area contributed by atoms with Crippen LogP contribution < -0.4 is 5.32 Å². The third-order valence-corrected chi connectivity index (χ3v) is 5.30. The molecule has 0 unspecified atom stereocenters. The molecule has 3 rings (SSSR count). The highest BCUT2D eigenvalue weighted by Crippen LogP contribution is 2.21. The highest BCUT2D eigenvalue weighted by atomic mass is 16.2. The summed E-state index contributed by atoms with van der Waals surface area (Å²) in [5.41, 5.74) is 1.36. The third-order valence-electron chi connectivity index (χ3n) is 5.30. The Bertz CT molecular complexity index is 611. The van der Waals surface area contributed by atoms with E-state index < -0.39 is 0 Å². The number of anilines is 1. The van der Waals surface area contributed by atoms with Gasteiger partial charge in [-0.05, 0) is 50.4 Å². The Morgan fingerprint density at radius 1 is 1.16 bits per heavy atom. The maximum Gasteiger partial charge on any atom is 0.321 e. The van der Waals surface area contributed by atoms with Gasteiger partial charge in [-0.15, -0.1) is 0 Å². The van der Waals surface area contributed by atoms with Gasteiger partial charge in [0.1, 0.15) is 0 Å². The molecule has 2 aliphatic rings. The smallest absolute Gasteiger partial charge is 0.321 e. The van der Waals surface area contributed by atoms with E-state index >= 15 is 0 Å². The molecule has 2 fully saturated rings. The molecule has 1 aromatic rings. The van der Waals surface area contributed by atoms with Crippen LogP contribution in [0.1, 0.15) is 49.4 Å². The van der Waals surface area contributed by atoms with Gasteiger partial charge in [0.15, 0.2) is 5.78 Å². The molecule has 0 bridgehead atoms. The fourth-order valence-electron chi connectivity index (χ4n) is 3.85. The Labute approximate surface area is 150 Å². The number of benzene rings is 1. The predicted molar refractivity (Wildman–Crippen MR) is 100 cm³/mol. The van der Waals surface area contributed by atoms with Gasteiger partial charge in [-0.3, -0.25) is 4.79 Å². The SMILES string of the molecule is CCC(=O)c1cccc(NC(=O)N2CC[C@@H](CN3CCCCC3)C2)c1. The maximum absolute atomic E-state index is 12.5. The second-order valence-corrected chi connectivity index (χ2v) is 7.25. The van der Waals surface area contributed by atoms with Crippen LogP contribution in [0.3, 0.4) is 0 Å². The Kier molecular flexibility index (Phi) is 6.08. The van der Waals surface area contributed by atoms with E-state index in [0.29, 0.717) is 23.6 Å². The summed E-state index contributed by atoms with van der Waals surface area (Å²) in [7, 11) is 0. The molecule has 0 aliphatic carbocycles. The quantitative estimate of drug-likeness (QED) is 0.831. The summed E-state index contributed by atoms with van der Waals surface area (Å²) < 4.78 is 0. The van der Waals surface area contributed by atoms with Crippen molar-refractivity contribution in [2.24, 2.45) is 5.92 Å². The number of ketones is 1. The van der Waals surface area contributed by atoms with Crippen LogP contribution >= 0.6 is 0 Å². The van der Waals surface area contributed by atoms with Crippen LogP contribution in [0, 0.1) is 5.92 Å². The molecule has 5 nitrogen and oxygen atoms in total. The number of hydrogen-bond donors (Lipinski definition) is 1. The average Bonchev–Trinajstić information content (AvgIpc) is 3.11. The van der Waals surface area contributed by atoms with Crippen molar-refractivity contribution in [3.63, 3.8) is 0 Å². The minimum absolute atomic E-state index is 0.0535. The van der Waals surface area contributed by atoms with Gasteiger partial charge >= 0.3 is 6.03 Å². The van der Waals surface area contributed by atoms with E-state index in [1.165, 1.54) is 32.4 Å². The topological polar surface area (TPSA) is 52.7 Å². The zero-order chi connectivity index (χ0) is 17.6. The van der Waals surface area contributed by atoms with Crippen molar-refractivity contribution >= 4 is 17.5 Å². The minimum atomic E-state index is -0.0535. The molecule has 2 saturated heterocycles. The summed E-state index contributed by atoms with van der Waals surface area (Å²) in [5.74, 6) is 0.677. The number of carbonyl (C=O) groups excluding carboxylic acids is 2. The fourth-order valence-corrected chi connectivity index (χ4v) is 3.85. The van der Waals surface area contributed by atoms with Gasteiger partial charge in [0.25, 0.3) is 0 Å². The van der Waals surface area contributed by atoms with Crippen LogP contribution in [-0.4, -0.2) is 54.3 Å². The zero-order valence-electron chi connectivity index (χ0n) is 15.2. The first-order valence-electron chi connectivity index (χ1n) is 9.57. The first-order valence-corrected chi connectivity index (χ1v) is 9.57. The van der Waals surface area contributed by atoms with E-state index in [2.05, 4.69) is 10.2 Å². The predicted octanol–water partition coefficient (Wildman–Crippen LogP) is 3.62. The fraction of sp³-hybridized carbons (Fsp3) is 0.600. The van der Waals surface area contributed by atoms with Crippen molar-refractivity contribution in [3.05, 3.63) is 29.8 Å². The molecule has 2 amide bonds. The van der Waals surface area contributed by atoms with Crippen LogP contribution in [0.4, 0.5) is 10.5 Å². The lowest BCUT2D eigenvalue weighted by molar-refractivity contribution is 0.0988. The van der Waals surface area contributed by atoms with E-state index in [1.807, 2.05) is 24.0 Å². The Morgan fingerprint density at radius 3 is 2.72 bits per heavy atom. The standard InChI is InChI=1S/C20H29N3O2/c1-2-19(24)17-7-6-8-18(13-17)21-20(25)23-12-9-16(15-23)14-22-10-4-3-5-11-22/h6-8,13,16H,2-5,9-12,14-15H2,1H3,(H,21,25)/t16-/m0/s1.